The highest BCUT2D eigenvalue weighted by molar-refractivity contribution is 5.19. The molecule has 4 atom stereocenters. The first kappa shape index (κ1) is 11.1. The summed E-state index contributed by atoms with van der Waals surface area (Å²) in [4.78, 5) is 0. The molecule has 1 heteroatoms. The van der Waals surface area contributed by atoms with Crippen molar-refractivity contribution < 1.29 is 0 Å². The average Bonchev–Trinajstić information content (AvgIpc) is 2.82. The molecule has 0 saturated heterocycles. The Morgan fingerprint density at radius 1 is 1.06 bits per heavy atom. The van der Waals surface area contributed by atoms with Crippen molar-refractivity contribution in [3.05, 3.63) is 0 Å². The van der Waals surface area contributed by atoms with Crippen molar-refractivity contribution in [2.24, 2.45) is 39.7 Å². The standard InChI is InChI=1S/C15H27N/c1-13(2)8-15(13,9-16)11-6-5-10-7-12(11)14(10,3)4/h10-12H,5-9,16H2,1-4H3/t10-,11?,12-,15?/m0/s1. The van der Waals surface area contributed by atoms with Gasteiger partial charge >= 0.3 is 0 Å². The second-order valence-corrected chi connectivity index (χ2v) is 7.97. The summed E-state index contributed by atoms with van der Waals surface area (Å²) in [6.07, 6.45) is 5.79. The summed E-state index contributed by atoms with van der Waals surface area (Å²) in [5.74, 6) is 2.91. The van der Waals surface area contributed by atoms with E-state index >= 15 is 0 Å². The zero-order valence-electron chi connectivity index (χ0n) is 11.3. The second kappa shape index (κ2) is 2.85. The molecule has 0 aromatic rings. The quantitative estimate of drug-likeness (QED) is 0.759. The Labute approximate surface area is 100 Å². The Kier molecular flexibility index (Phi) is 1.98. The summed E-state index contributed by atoms with van der Waals surface area (Å²) in [5.41, 5.74) is 7.78. The van der Waals surface area contributed by atoms with Crippen molar-refractivity contribution in [1.82, 2.24) is 0 Å². The summed E-state index contributed by atoms with van der Waals surface area (Å²) in [6.45, 7) is 10.8. The lowest BCUT2D eigenvalue weighted by molar-refractivity contribution is -0.129. The maximum Gasteiger partial charge on any atom is -0.00124 e. The molecule has 0 heterocycles. The van der Waals surface area contributed by atoms with Gasteiger partial charge in [0.2, 0.25) is 0 Å². The third kappa shape index (κ3) is 1.06. The summed E-state index contributed by atoms with van der Waals surface area (Å²) in [6, 6.07) is 0. The summed E-state index contributed by atoms with van der Waals surface area (Å²) in [7, 11) is 0. The van der Waals surface area contributed by atoms with E-state index in [1.807, 2.05) is 0 Å². The van der Waals surface area contributed by atoms with Crippen LogP contribution in [-0.2, 0) is 0 Å². The molecule has 4 aliphatic carbocycles. The average molecular weight is 221 g/mol. The third-order valence-electron chi connectivity index (χ3n) is 6.91. The first-order valence-corrected chi connectivity index (χ1v) is 7.05. The Balaban J connectivity index is 1.86. The van der Waals surface area contributed by atoms with Gasteiger partial charge in [-0.2, -0.15) is 0 Å². The second-order valence-electron chi connectivity index (χ2n) is 7.97. The fourth-order valence-electron chi connectivity index (χ4n) is 5.35. The molecular formula is C15H27N. The van der Waals surface area contributed by atoms with Gasteiger partial charge in [0.05, 0.1) is 0 Å². The Hall–Kier alpha value is -0.0400. The Morgan fingerprint density at radius 2 is 1.69 bits per heavy atom. The van der Waals surface area contributed by atoms with Crippen molar-refractivity contribution in [2.45, 2.75) is 53.4 Å². The molecular weight excluding hydrogens is 194 g/mol. The monoisotopic (exact) mass is 221 g/mol. The topological polar surface area (TPSA) is 26.0 Å². The van der Waals surface area contributed by atoms with E-state index < -0.39 is 0 Å². The van der Waals surface area contributed by atoms with E-state index in [9.17, 15) is 0 Å². The predicted molar refractivity (Wildman–Crippen MR) is 68.0 cm³/mol. The first-order chi connectivity index (χ1) is 7.35. The molecule has 4 saturated carbocycles. The van der Waals surface area contributed by atoms with Gasteiger partial charge in [-0.3, -0.25) is 0 Å². The van der Waals surface area contributed by atoms with E-state index in [0.29, 0.717) is 16.2 Å². The number of hydrogen-bond donors (Lipinski definition) is 1. The molecule has 2 N–H and O–H groups in total. The van der Waals surface area contributed by atoms with Crippen LogP contribution < -0.4 is 5.73 Å². The normalized spacial score (nSPS) is 51.9. The molecule has 0 aromatic heterocycles. The molecule has 0 aromatic carbocycles. The molecule has 0 spiro atoms. The van der Waals surface area contributed by atoms with Crippen LogP contribution in [0.4, 0.5) is 0 Å². The van der Waals surface area contributed by atoms with E-state index in [2.05, 4.69) is 27.7 Å². The number of fused-ring (bicyclic) bond motifs is 2. The van der Waals surface area contributed by atoms with Crippen molar-refractivity contribution in [2.75, 3.05) is 6.54 Å². The van der Waals surface area contributed by atoms with E-state index in [1.54, 1.807) is 0 Å². The molecule has 16 heavy (non-hydrogen) atoms. The first-order valence-electron chi connectivity index (χ1n) is 7.05. The van der Waals surface area contributed by atoms with Gasteiger partial charge in [0.1, 0.15) is 0 Å². The van der Waals surface area contributed by atoms with Gasteiger partial charge in [0.15, 0.2) is 0 Å². The smallest absolute Gasteiger partial charge is 0.00124 e. The lowest BCUT2D eigenvalue weighted by atomic mass is 9.43. The fraction of sp³-hybridized carbons (Fsp3) is 1.00. The zero-order chi connectivity index (χ0) is 11.8. The van der Waals surface area contributed by atoms with Gasteiger partial charge in [-0.1, -0.05) is 27.7 Å². The summed E-state index contributed by atoms with van der Waals surface area (Å²) < 4.78 is 0. The van der Waals surface area contributed by atoms with E-state index in [1.165, 1.54) is 25.7 Å². The predicted octanol–water partition coefficient (Wildman–Crippen LogP) is 3.43. The molecule has 0 radical (unpaired) electrons. The van der Waals surface area contributed by atoms with E-state index in [0.717, 1.165) is 24.3 Å². The molecule has 2 unspecified atom stereocenters. The van der Waals surface area contributed by atoms with Crippen molar-refractivity contribution >= 4 is 0 Å². The Bertz CT molecular complexity index is 315. The maximum atomic E-state index is 6.14. The largest absolute Gasteiger partial charge is 0.330 e. The zero-order valence-corrected chi connectivity index (χ0v) is 11.3. The highest BCUT2D eigenvalue weighted by Crippen LogP contribution is 2.75. The number of nitrogens with two attached hydrogens (primary N) is 1. The molecule has 0 aliphatic heterocycles. The number of hydrogen-bond acceptors (Lipinski definition) is 1. The Morgan fingerprint density at radius 3 is 2.06 bits per heavy atom. The van der Waals surface area contributed by atoms with Crippen molar-refractivity contribution in [3.8, 4) is 0 Å². The van der Waals surface area contributed by atoms with Crippen LogP contribution in [0.15, 0.2) is 0 Å². The van der Waals surface area contributed by atoms with Gasteiger partial charge in [-0.25, -0.2) is 0 Å². The summed E-state index contributed by atoms with van der Waals surface area (Å²) >= 11 is 0. The van der Waals surface area contributed by atoms with Crippen LogP contribution in [0.25, 0.3) is 0 Å². The maximum absolute atomic E-state index is 6.14. The third-order valence-corrected chi connectivity index (χ3v) is 6.91. The van der Waals surface area contributed by atoms with E-state index in [4.69, 9.17) is 5.73 Å². The molecule has 1 nitrogen and oxygen atoms in total. The number of rotatable bonds is 2. The van der Waals surface area contributed by atoms with Crippen molar-refractivity contribution in [1.29, 1.82) is 0 Å². The molecule has 4 fully saturated rings. The van der Waals surface area contributed by atoms with E-state index in [-0.39, 0.29) is 0 Å². The lowest BCUT2D eigenvalue weighted by Gasteiger charge is -2.62. The fourth-order valence-corrected chi connectivity index (χ4v) is 5.35. The van der Waals surface area contributed by atoms with Crippen molar-refractivity contribution in [3.63, 3.8) is 0 Å². The van der Waals surface area contributed by atoms with Crippen LogP contribution in [0.2, 0.25) is 0 Å². The molecule has 4 aliphatic rings. The minimum Gasteiger partial charge on any atom is -0.330 e. The van der Waals surface area contributed by atoms with Gasteiger partial charge < -0.3 is 5.73 Å². The minimum absolute atomic E-state index is 0.500. The van der Waals surface area contributed by atoms with Gasteiger partial charge in [0, 0.05) is 0 Å². The molecule has 2 bridgehead atoms. The SMILES string of the molecule is CC1(C)[C@H]2CCC(C3(CN)CC3(C)C)[C@@H]1C2. The van der Waals surface area contributed by atoms with Crippen LogP contribution in [0.3, 0.4) is 0 Å². The van der Waals surface area contributed by atoms with Crippen LogP contribution >= 0.6 is 0 Å². The molecule has 92 valence electrons. The van der Waals surface area contributed by atoms with Crippen LogP contribution in [0.5, 0.6) is 0 Å². The van der Waals surface area contributed by atoms with Crippen LogP contribution in [-0.4, -0.2) is 6.54 Å². The lowest BCUT2D eigenvalue weighted by Crippen LogP contribution is -2.55. The van der Waals surface area contributed by atoms with Gasteiger partial charge in [0.25, 0.3) is 0 Å². The highest BCUT2D eigenvalue weighted by atomic mass is 14.8. The molecule has 0 amide bonds. The minimum atomic E-state index is 0.500. The van der Waals surface area contributed by atoms with Gasteiger partial charge in [-0.05, 0) is 66.2 Å². The summed E-state index contributed by atoms with van der Waals surface area (Å²) in [5, 5.41) is 0. The van der Waals surface area contributed by atoms with Crippen LogP contribution in [0, 0.1) is 34.0 Å². The van der Waals surface area contributed by atoms with Crippen LogP contribution in [0.1, 0.15) is 53.4 Å². The van der Waals surface area contributed by atoms with Gasteiger partial charge in [-0.15, -0.1) is 0 Å². The molecule has 4 rings (SSSR count). The highest BCUT2D eigenvalue weighted by Gasteiger charge is 2.69.